The summed E-state index contributed by atoms with van der Waals surface area (Å²) >= 11 is 3.07. The van der Waals surface area contributed by atoms with Crippen LogP contribution in [-0.4, -0.2) is 46.3 Å². The van der Waals surface area contributed by atoms with Gasteiger partial charge in [-0.1, -0.05) is 76.6 Å². The van der Waals surface area contributed by atoms with Crippen LogP contribution >= 0.6 is 31.6 Å². The third kappa shape index (κ3) is 13.9. The summed E-state index contributed by atoms with van der Waals surface area (Å²) in [7, 11) is -10.7. The van der Waals surface area contributed by atoms with E-state index >= 15 is 0 Å². The third-order valence-corrected chi connectivity index (χ3v) is 11.9. The van der Waals surface area contributed by atoms with E-state index in [1.54, 1.807) is 60.7 Å². The molecular weight excluding hydrogens is 932 g/mol. The second kappa shape index (κ2) is 22.1. The highest BCUT2D eigenvalue weighted by molar-refractivity contribution is 9.11. The zero-order valence-corrected chi connectivity index (χ0v) is 36.8. The number of quaternary nitrogens is 1. The summed E-state index contributed by atoms with van der Waals surface area (Å²) in [5, 5.41) is 0. The number of hydrogen-bond donors (Lipinski definition) is 2. The van der Waals surface area contributed by atoms with Gasteiger partial charge in [-0.15, -0.1) is 0 Å². The van der Waals surface area contributed by atoms with E-state index in [2.05, 4.69) is 20.9 Å². The van der Waals surface area contributed by atoms with Gasteiger partial charge in [-0.05, 0) is 70.7 Å². The zero-order valence-electron chi connectivity index (χ0n) is 33.4. The Morgan fingerprint density at radius 2 is 1.32 bits per heavy atom. The molecule has 63 heavy (non-hydrogen) atoms. The number of rotatable bonds is 18. The highest BCUT2D eigenvalue weighted by Crippen LogP contribution is 2.62. The van der Waals surface area contributed by atoms with Gasteiger partial charge in [0.2, 0.25) is 0 Å². The lowest BCUT2D eigenvalue weighted by atomic mass is 10.2. The van der Waals surface area contributed by atoms with Crippen molar-refractivity contribution in [2.45, 2.75) is 45.0 Å². The van der Waals surface area contributed by atoms with Crippen molar-refractivity contribution in [2.24, 2.45) is 0 Å². The summed E-state index contributed by atoms with van der Waals surface area (Å²) in [4.78, 5) is 78.7. The fourth-order valence-corrected chi connectivity index (χ4v) is 8.60. The van der Waals surface area contributed by atoms with Crippen LogP contribution in [0.2, 0.25) is 0 Å². The molecule has 0 aliphatic carbocycles. The predicted octanol–water partition coefficient (Wildman–Crippen LogP) is 6.98. The Balaban J connectivity index is 0.00000748. The van der Waals surface area contributed by atoms with Crippen molar-refractivity contribution in [3.05, 3.63) is 169 Å². The number of ether oxygens (including phenoxy) is 4. The average Bonchev–Trinajstić information content (AvgIpc) is 3.65. The number of nitrogens with zero attached hydrogens (tertiary/aromatic N) is 1. The number of carbonyl (C=O) groups is 3. The molecule has 0 radical (unpaired) electrons. The summed E-state index contributed by atoms with van der Waals surface area (Å²) < 4.78 is 71.3. The summed E-state index contributed by atoms with van der Waals surface area (Å²) in [6.45, 7) is -0.798. The molecule has 1 aliphatic rings. The molecule has 1 fully saturated rings. The van der Waals surface area contributed by atoms with Gasteiger partial charge in [0.1, 0.15) is 29.9 Å². The van der Waals surface area contributed by atoms with Crippen LogP contribution in [0.3, 0.4) is 0 Å². The van der Waals surface area contributed by atoms with E-state index in [9.17, 15) is 38.0 Å². The van der Waals surface area contributed by atoms with E-state index in [0.29, 0.717) is 22.3 Å². The SMILES string of the molecule is CC(=O)O[C@H]1C[C@H](n2cc(/C=C/Br)c(=O)[nH]c2=O)O[C@@H]1COP(=O)([O-])OP(=O)(OCc1ccc(OC(=O)c2ccccc2)cc1)OCc1ccc(OC(=O)c2ccccc2)cc1.[NH4+]. The van der Waals surface area contributed by atoms with Crippen LogP contribution in [0.5, 0.6) is 11.5 Å². The fourth-order valence-electron chi connectivity index (χ4n) is 5.75. The number of nitrogens with one attached hydrogen (secondary N) is 1. The smallest absolute Gasteiger partial charge is 0.481 e. The Morgan fingerprint density at radius 1 is 0.810 bits per heavy atom. The van der Waals surface area contributed by atoms with Crippen LogP contribution in [0, 0.1) is 0 Å². The summed E-state index contributed by atoms with van der Waals surface area (Å²) in [5.41, 5.74) is -0.136. The van der Waals surface area contributed by atoms with Crippen LogP contribution in [0.15, 0.2) is 130 Å². The van der Waals surface area contributed by atoms with Gasteiger partial charge in [0.25, 0.3) is 13.4 Å². The highest BCUT2D eigenvalue weighted by Gasteiger charge is 2.41. The van der Waals surface area contributed by atoms with E-state index < -0.39 is 83.1 Å². The monoisotopic (exact) mass is 971 g/mol. The molecule has 6 rings (SSSR count). The molecule has 332 valence electrons. The third-order valence-electron chi connectivity index (χ3n) is 8.71. The van der Waals surface area contributed by atoms with Crippen molar-refractivity contribution in [3.8, 4) is 11.5 Å². The van der Waals surface area contributed by atoms with Crippen LogP contribution in [-0.2, 0) is 54.5 Å². The van der Waals surface area contributed by atoms with Gasteiger partial charge in [-0.3, -0.25) is 32.8 Å². The van der Waals surface area contributed by atoms with Crippen LogP contribution in [0.4, 0.5) is 0 Å². The predicted molar refractivity (Wildman–Crippen MR) is 227 cm³/mol. The normalized spacial score (nSPS) is 17.0. The molecule has 1 saturated heterocycles. The highest BCUT2D eigenvalue weighted by atomic mass is 79.9. The average molecular weight is 973 g/mol. The molecule has 19 nitrogen and oxygen atoms in total. The molecule has 2 heterocycles. The molecule has 1 unspecified atom stereocenters. The fraction of sp³-hybridized carbons (Fsp3) is 0.195. The molecule has 0 spiro atoms. The molecule has 5 N–H and O–H groups in total. The summed E-state index contributed by atoms with van der Waals surface area (Å²) in [6.07, 6.45) is -1.17. The topological polar surface area (TPSA) is 274 Å². The number of aromatic nitrogens is 2. The lowest BCUT2D eigenvalue weighted by Gasteiger charge is -2.28. The Morgan fingerprint density at radius 3 is 1.79 bits per heavy atom. The first-order valence-electron chi connectivity index (χ1n) is 18.4. The Bertz CT molecular complexity index is 2500. The minimum Gasteiger partial charge on any atom is -0.756 e. The minimum absolute atomic E-state index is 0. The summed E-state index contributed by atoms with van der Waals surface area (Å²) in [5.74, 6) is -1.60. The number of H-pyrrole nitrogens is 1. The maximum atomic E-state index is 14.1. The minimum atomic E-state index is -5.63. The summed E-state index contributed by atoms with van der Waals surface area (Å²) in [6, 6.07) is 28.2. The quantitative estimate of drug-likeness (QED) is 0.0509. The molecule has 4 atom stereocenters. The molecular formula is C41H40BrN3O16P2. The molecule has 0 bridgehead atoms. The van der Waals surface area contributed by atoms with E-state index in [1.807, 2.05) is 0 Å². The second-order valence-corrected chi connectivity index (χ2v) is 16.9. The number of carbonyl (C=O) groups excluding carboxylic acids is 3. The first-order chi connectivity index (χ1) is 29.7. The maximum Gasteiger partial charge on any atom is 0.481 e. The first kappa shape index (κ1) is 48.4. The Hall–Kier alpha value is -5.63. The standard InChI is InChI=1S/C41H37BrN2O16P2.H3N/c1-27(45)56-35-22-37(44-23-32(20-21-42)38(46)43-41(44)49)59-36(35)26-53-61(50,51)60-62(52,54-24-28-12-16-33(17-13-28)57-39(47)30-8-4-2-5-9-30)55-25-29-14-18-34(19-15-29)58-40(48)31-10-6-3-7-11-31;/h2-21,23,35-37H,22,24-26H2,1H3,(H,50,51)(H,43,46,49);1H3/b21-20+;/t35-,36+,37+;/m0./s1. The van der Waals surface area contributed by atoms with E-state index in [1.165, 1.54) is 65.8 Å². The largest absolute Gasteiger partial charge is 0.756 e. The molecule has 22 heteroatoms. The molecule has 0 amide bonds. The molecule has 1 aromatic heterocycles. The molecule has 4 aromatic carbocycles. The molecule has 1 aliphatic heterocycles. The van der Waals surface area contributed by atoms with Crippen molar-refractivity contribution in [2.75, 3.05) is 6.61 Å². The van der Waals surface area contributed by atoms with Gasteiger partial charge in [0.05, 0.1) is 36.5 Å². The van der Waals surface area contributed by atoms with Crippen LogP contribution < -0.4 is 31.8 Å². The van der Waals surface area contributed by atoms with Crippen LogP contribution in [0.25, 0.3) is 6.08 Å². The lowest BCUT2D eigenvalue weighted by molar-refractivity contribution is -0.221. The van der Waals surface area contributed by atoms with Gasteiger partial charge in [0, 0.05) is 19.5 Å². The van der Waals surface area contributed by atoms with Gasteiger partial charge in [-0.2, -0.15) is 0 Å². The maximum absolute atomic E-state index is 14.1. The lowest BCUT2D eigenvalue weighted by Crippen LogP contribution is -2.33. The van der Waals surface area contributed by atoms with Gasteiger partial charge in [0.15, 0.2) is 0 Å². The van der Waals surface area contributed by atoms with E-state index in [-0.39, 0.29) is 29.6 Å². The van der Waals surface area contributed by atoms with Crippen LogP contribution in [0.1, 0.15) is 57.0 Å². The van der Waals surface area contributed by atoms with E-state index in [4.69, 9.17) is 36.8 Å². The van der Waals surface area contributed by atoms with Gasteiger partial charge < -0.3 is 34.5 Å². The van der Waals surface area contributed by atoms with E-state index in [0.717, 1.165) is 11.5 Å². The Labute approximate surface area is 367 Å². The van der Waals surface area contributed by atoms with Crippen molar-refractivity contribution < 1.29 is 65.2 Å². The molecule has 5 aromatic rings. The van der Waals surface area contributed by atoms with Gasteiger partial charge >= 0.3 is 31.4 Å². The van der Waals surface area contributed by atoms with Crippen molar-refractivity contribution in [3.63, 3.8) is 0 Å². The van der Waals surface area contributed by atoms with Crippen molar-refractivity contribution in [1.82, 2.24) is 15.7 Å². The van der Waals surface area contributed by atoms with Crippen molar-refractivity contribution >= 4 is 55.6 Å². The number of esters is 3. The molecule has 0 saturated carbocycles. The number of aromatic amines is 1. The number of phosphoric ester groups is 2. The number of hydrogen-bond acceptors (Lipinski definition) is 16. The number of phosphoric acid groups is 2. The Kier molecular flexibility index (Phi) is 17.0. The first-order valence-corrected chi connectivity index (χ1v) is 22.3. The van der Waals surface area contributed by atoms with Crippen molar-refractivity contribution in [1.29, 1.82) is 0 Å². The van der Waals surface area contributed by atoms with Gasteiger partial charge in [-0.25, -0.2) is 23.3 Å². The zero-order chi connectivity index (χ0) is 44.3. The number of benzene rings is 4. The number of halogens is 1. The second-order valence-electron chi connectivity index (χ2n) is 13.2.